The molecule has 2 aromatic rings. The lowest BCUT2D eigenvalue weighted by atomic mass is 9.89. The van der Waals surface area contributed by atoms with E-state index in [1.165, 1.54) is 5.56 Å². The van der Waals surface area contributed by atoms with Crippen LogP contribution in [0.2, 0.25) is 0 Å². The van der Waals surface area contributed by atoms with Crippen molar-refractivity contribution in [3.63, 3.8) is 0 Å². The molecule has 0 saturated heterocycles. The van der Waals surface area contributed by atoms with Crippen LogP contribution in [0.25, 0.3) is 0 Å². The third-order valence-corrected chi connectivity index (χ3v) is 3.50. The highest BCUT2D eigenvalue weighted by Gasteiger charge is 2.23. The van der Waals surface area contributed by atoms with Crippen molar-refractivity contribution in [1.29, 1.82) is 0 Å². The van der Waals surface area contributed by atoms with Crippen molar-refractivity contribution in [3.05, 3.63) is 53.6 Å². The molecule has 0 bridgehead atoms. The minimum atomic E-state index is -0.384. The van der Waals surface area contributed by atoms with Gasteiger partial charge in [0, 0.05) is 30.9 Å². The summed E-state index contributed by atoms with van der Waals surface area (Å²) in [5.41, 5.74) is 8.52. The maximum atomic E-state index is 6.49. The van der Waals surface area contributed by atoms with Crippen molar-refractivity contribution in [1.82, 2.24) is 9.55 Å². The number of nitrogens with zero attached hydrogens (tertiary/aromatic N) is 2. The minimum absolute atomic E-state index is 0.384. The summed E-state index contributed by atoms with van der Waals surface area (Å²) in [6.45, 7) is 7.33. The Morgan fingerprint density at radius 3 is 2.58 bits per heavy atom. The summed E-state index contributed by atoms with van der Waals surface area (Å²) in [5, 5.41) is 0. The fraction of sp³-hybridized carbons (Fsp3) is 0.438. The van der Waals surface area contributed by atoms with E-state index < -0.39 is 0 Å². The van der Waals surface area contributed by atoms with E-state index in [0.29, 0.717) is 0 Å². The third-order valence-electron chi connectivity index (χ3n) is 3.50. The Bertz CT molecular complexity index is 523. The standard InChI is InChI=1S/C16H23N3/c1-4-10-19-11-9-18-15(19)12-16(3,17)14-7-5-13(2)6-8-14/h5-9,11H,4,10,12,17H2,1-3H3. The Labute approximate surface area is 115 Å². The number of aryl methyl sites for hydroxylation is 2. The molecule has 1 aromatic heterocycles. The van der Waals surface area contributed by atoms with Gasteiger partial charge in [0.25, 0.3) is 0 Å². The first-order valence-electron chi connectivity index (χ1n) is 6.89. The Balaban J connectivity index is 2.20. The molecule has 0 spiro atoms. The summed E-state index contributed by atoms with van der Waals surface area (Å²) in [6.07, 6.45) is 5.75. The zero-order chi connectivity index (χ0) is 13.9. The summed E-state index contributed by atoms with van der Waals surface area (Å²) in [5.74, 6) is 1.06. The number of nitrogens with two attached hydrogens (primary N) is 1. The van der Waals surface area contributed by atoms with E-state index in [2.05, 4.69) is 54.6 Å². The first-order chi connectivity index (χ1) is 9.03. The number of imidazole rings is 1. The SMILES string of the molecule is CCCn1ccnc1CC(C)(N)c1ccc(C)cc1. The molecule has 3 nitrogen and oxygen atoms in total. The Kier molecular flexibility index (Phi) is 4.05. The summed E-state index contributed by atoms with van der Waals surface area (Å²) in [6, 6.07) is 8.45. The molecule has 0 aliphatic rings. The summed E-state index contributed by atoms with van der Waals surface area (Å²) >= 11 is 0. The van der Waals surface area contributed by atoms with Gasteiger partial charge in [-0.15, -0.1) is 0 Å². The topological polar surface area (TPSA) is 43.8 Å². The van der Waals surface area contributed by atoms with Crippen molar-refractivity contribution in [2.45, 2.75) is 45.7 Å². The lowest BCUT2D eigenvalue weighted by Crippen LogP contribution is -2.36. The van der Waals surface area contributed by atoms with Gasteiger partial charge in [-0.1, -0.05) is 36.8 Å². The molecule has 1 atom stereocenters. The third kappa shape index (κ3) is 3.24. The Morgan fingerprint density at radius 1 is 1.26 bits per heavy atom. The maximum absolute atomic E-state index is 6.49. The molecule has 1 aromatic carbocycles. The van der Waals surface area contributed by atoms with Crippen molar-refractivity contribution in [2.75, 3.05) is 0 Å². The Hall–Kier alpha value is -1.61. The van der Waals surface area contributed by atoms with Gasteiger partial charge in [-0.05, 0) is 25.8 Å². The van der Waals surface area contributed by atoms with Gasteiger partial charge in [0.15, 0.2) is 0 Å². The van der Waals surface area contributed by atoms with Gasteiger partial charge >= 0.3 is 0 Å². The van der Waals surface area contributed by atoms with Gasteiger partial charge in [0.05, 0.1) is 0 Å². The van der Waals surface area contributed by atoms with E-state index in [4.69, 9.17) is 5.73 Å². The van der Waals surface area contributed by atoms with Crippen molar-refractivity contribution in [3.8, 4) is 0 Å². The number of hydrogen-bond donors (Lipinski definition) is 1. The molecule has 3 heteroatoms. The molecule has 1 heterocycles. The number of hydrogen-bond acceptors (Lipinski definition) is 2. The average molecular weight is 257 g/mol. The van der Waals surface area contributed by atoms with Gasteiger partial charge in [-0.2, -0.15) is 0 Å². The van der Waals surface area contributed by atoms with Gasteiger partial charge in [0.2, 0.25) is 0 Å². The second-order valence-corrected chi connectivity index (χ2v) is 5.50. The monoisotopic (exact) mass is 257 g/mol. The predicted octanol–water partition coefficient (Wildman–Crippen LogP) is 3.02. The van der Waals surface area contributed by atoms with E-state index in [-0.39, 0.29) is 5.54 Å². The van der Waals surface area contributed by atoms with Crippen LogP contribution in [0.4, 0.5) is 0 Å². The zero-order valence-corrected chi connectivity index (χ0v) is 12.1. The first-order valence-corrected chi connectivity index (χ1v) is 6.89. The maximum Gasteiger partial charge on any atom is 0.110 e. The van der Waals surface area contributed by atoms with Crippen molar-refractivity contribution < 1.29 is 0 Å². The van der Waals surface area contributed by atoms with E-state index >= 15 is 0 Å². The zero-order valence-electron chi connectivity index (χ0n) is 12.1. The van der Waals surface area contributed by atoms with Crippen LogP contribution in [0.1, 0.15) is 37.2 Å². The van der Waals surface area contributed by atoms with Crippen LogP contribution in [0, 0.1) is 6.92 Å². The highest BCUT2D eigenvalue weighted by Crippen LogP contribution is 2.22. The highest BCUT2D eigenvalue weighted by atomic mass is 15.1. The molecular formula is C16H23N3. The summed E-state index contributed by atoms with van der Waals surface area (Å²) in [4.78, 5) is 4.45. The van der Waals surface area contributed by atoms with Gasteiger partial charge in [-0.25, -0.2) is 4.98 Å². The molecule has 0 amide bonds. The van der Waals surface area contributed by atoms with E-state index in [1.54, 1.807) is 0 Å². The van der Waals surface area contributed by atoms with Crippen LogP contribution in [-0.4, -0.2) is 9.55 Å². The van der Waals surface area contributed by atoms with Gasteiger partial charge < -0.3 is 10.3 Å². The van der Waals surface area contributed by atoms with Crippen LogP contribution in [0.3, 0.4) is 0 Å². The van der Waals surface area contributed by atoms with Crippen LogP contribution in [0.5, 0.6) is 0 Å². The number of benzene rings is 1. The minimum Gasteiger partial charge on any atom is -0.335 e. The van der Waals surface area contributed by atoms with Crippen molar-refractivity contribution in [2.24, 2.45) is 5.73 Å². The van der Waals surface area contributed by atoms with Gasteiger partial charge in [-0.3, -0.25) is 0 Å². The molecule has 19 heavy (non-hydrogen) atoms. The van der Waals surface area contributed by atoms with E-state index in [0.717, 1.165) is 30.8 Å². The van der Waals surface area contributed by atoms with E-state index in [9.17, 15) is 0 Å². The van der Waals surface area contributed by atoms with Crippen LogP contribution in [-0.2, 0) is 18.5 Å². The second kappa shape index (κ2) is 5.57. The fourth-order valence-electron chi connectivity index (χ4n) is 2.32. The smallest absolute Gasteiger partial charge is 0.110 e. The molecule has 2 N–H and O–H groups in total. The quantitative estimate of drug-likeness (QED) is 0.894. The van der Waals surface area contributed by atoms with E-state index in [1.807, 2.05) is 12.4 Å². The summed E-state index contributed by atoms with van der Waals surface area (Å²) in [7, 11) is 0. The molecule has 1 unspecified atom stereocenters. The predicted molar refractivity (Wildman–Crippen MR) is 78.9 cm³/mol. The van der Waals surface area contributed by atoms with Crippen molar-refractivity contribution >= 4 is 0 Å². The largest absolute Gasteiger partial charge is 0.335 e. The Morgan fingerprint density at radius 2 is 1.95 bits per heavy atom. The van der Waals surface area contributed by atoms with Gasteiger partial charge in [0.1, 0.15) is 5.82 Å². The molecule has 0 fully saturated rings. The second-order valence-electron chi connectivity index (χ2n) is 5.50. The summed E-state index contributed by atoms with van der Waals surface area (Å²) < 4.78 is 2.19. The molecular weight excluding hydrogens is 234 g/mol. The molecule has 2 rings (SSSR count). The fourth-order valence-corrected chi connectivity index (χ4v) is 2.32. The number of aromatic nitrogens is 2. The molecule has 0 aliphatic heterocycles. The number of rotatable bonds is 5. The molecule has 102 valence electrons. The molecule has 0 radical (unpaired) electrons. The lowest BCUT2D eigenvalue weighted by molar-refractivity contribution is 0.461. The lowest BCUT2D eigenvalue weighted by Gasteiger charge is -2.25. The normalized spacial score (nSPS) is 14.3. The molecule has 0 saturated carbocycles. The van der Waals surface area contributed by atoms with Crippen LogP contribution in [0.15, 0.2) is 36.7 Å². The molecule has 0 aliphatic carbocycles. The van der Waals surface area contributed by atoms with Crippen LogP contribution < -0.4 is 5.73 Å². The highest BCUT2D eigenvalue weighted by molar-refractivity contribution is 5.28. The first kappa shape index (κ1) is 13.8. The van der Waals surface area contributed by atoms with Crippen LogP contribution >= 0.6 is 0 Å². The average Bonchev–Trinajstić information content (AvgIpc) is 2.77.